The van der Waals surface area contributed by atoms with Crippen molar-refractivity contribution in [3.8, 4) is 0 Å². The average Bonchev–Trinajstić information content (AvgIpc) is 2.86. The molecule has 1 fully saturated rings. The monoisotopic (exact) mass is 278 g/mol. The molecular weight excluding hydrogens is 260 g/mol. The quantitative estimate of drug-likeness (QED) is 0.794. The number of nitrogens with two attached hydrogens (primary N) is 1. The summed E-state index contributed by atoms with van der Waals surface area (Å²) in [4.78, 5) is 23.5. The minimum absolute atomic E-state index is 0.168. The number of esters is 1. The summed E-state index contributed by atoms with van der Waals surface area (Å²) in [6, 6.07) is 6.27. The number of amides is 1. The first-order chi connectivity index (χ1) is 9.61. The van der Waals surface area contributed by atoms with E-state index in [1.54, 1.807) is 31.2 Å². The Kier molecular flexibility index (Phi) is 4.70. The molecule has 2 atom stereocenters. The summed E-state index contributed by atoms with van der Waals surface area (Å²) >= 11 is 0. The summed E-state index contributed by atoms with van der Waals surface area (Å²) < 4.78 is 10.0. The fourth-order valence-corrected chi connectivity index (χ4v) is 1.98. The van der Waals surface area contributed by atoms with Crippen molar-refractivity contribution in [2.75, 3.05) is 25.1 Å². The molecule has 0 radical (unpaired) electrons. The number of ether oxygens (including phenoxy) is 2. The second kappa shape index (κ2) is 6.49. The van der Waals surface area contributed by atoms with Crippen LogP contribution in [0.5, 0.6) is 0 Å². The summed E-state index contributed by atoms with van der Waals surface area (Å²) in [7, 11) is 0. The van der Waals surface area contributed by atoms with E-state index in [-0.39, 0.29) is 23.8 Å². The van der Waals surface area contributed by atoms with Gasteiger partial charge in [-0.2, -0.15) is 0 Å². The molecule has 20 heavy (non-hydrogen) atoms. The molecule has 2 unspecified atom stereocenters. The number of carbonyl (C=O) groups is 2. The first-order valence-corrected chi connectivity index (χ1v) is 6.53. The molecule has 1 heterocycles. The van der Waals surface area contributed by atoms with E-state index in [2.05, 4.69) is 5.32 Å². The number of hydrogen-bond acceptors (Lipinski definition) is 5. The molecule has 1 amide bonds. The highest BCUT2D eigenvalue weighted by Crippen LogP contribution is 2.16. The third-order valence-corrected chi connectivity index (χ3v) is 3.12. The first-order valence-electron chi connectivity index (χ1n) is 6.53. The zero-order chi connectivity index (χ0) is 14.5. The zero-order valence-electron chi connectivity index (χ0n) is 11.3. The van der Waals surface area contributed by atoms with Gasteiger partial charge in [-0.1, -0.05) is 0 Å². The molecule has 1 aliphatic heterocycles. The number of anilines is 1. The van der Waals surface area contributed by atoms with Crippen LogP contribution in [-0.4, -0.2) is 37.7 Å². The SMILES string of the molecule is CCOC(=O)c1ccc(NC(=O)C2COCC2N)cc1. The van der Waals surface area contributed by atoms with Crippen molar-refractivity contribution in [2.45, 2.75) is 13.0 Å². The van der Waals surface area contributed by atoms with Gasteiger partial charge in [-0.05, 0) is 31.2 Å². The van der Waals surface area contributed by atoms with Crippen LogP contribution in [0, 0.1) is 5.92 Å². The van der Waals surface area contributed by atoms with Crippen molar-refractivity contribution in [2.24, 2.45) is 11.7 Å². The van der Waals surface area contributed by atoms with Crippen LogP contribution < -0.4 is 11.1 Å². The van der Waals surface area contributed by atoms with Crippen molar-refractivity contribution >= 4 is 17.6 Å². The molecular formula is C14H18N2O4. The van der Waals surface area contributed by atoms with Crippen LogP contribution in [0.2, 0.25) is 0 Å². The van der Waals surface area contributed by atoms with Crippen LogP contribution >= 0.6 is 0 Å². The maximum absolute atomic E-state index is 12.0. The van der Waals surface area contributed by atoms with Crippen LogP contribution in [-0.2, 0) is 14.3 Å². The van der Waals surface area contributed by atoms with E-state index in [9.17, 15) is 9.59 Å². The first kappa shape index (κ1) is 14.5. The second-order valence-electron chi connectivity index (χ2n) is 4.59. The maximum atomic E-state index is 12.0. The van der Waals surface area contributed by atoms with Gasteiger partial charge in [0, 0.05) is 11.7 Å². The molecule has 0 spiro atoms. The average molecular weight is 278 g/mol. The van der Waals surface area contributed by atoms with Gasteiger partial charge in [-0.25, -0.2) is 4.79 Å². The number of hydrogen-bond donors (Lipinski definition) is 2. The van der Waals surface area contributed by atoms with Crippen LogP contribution in [0.1, 0.15) is 17.3 Å². The molecule has 1 aromatic carbocycles. The zero-order valence-corrected chi connectivity index (χ0v) is 11.3. The molecule has 108 valence electrons. The topological polar surface area (TPSA) is 90.6 Å². The van der Waals surface area contributed by atoms with Gasteiger partial charge in [0.05, 0.1) is 31.3 Å². The Morgan fingerprint density at radius 1 is 1.35 bits per heavy atom. The van der Waals surface area contributed by atoms with E-state index >= 15 is 0 Å². The Bertz CT molecular complexity index is 486. The highest BCUT2D eigenvalue weighted by Gasteiger charge is 2.31. The third-order valence-electron chi connectivity index (χ3n) is 3.12. The highest BCUT2D eigenvalue weighted by atomic mass is 16.5. The van der Waals surface area contributed by atoms with E-state index in [0.717, 1.165) is 0 Å². The van der Waals surface area contributed by atoms with Crippen LogP contribution in [0.15, 0.2) is 24.3 Å². The number of nitrogens with one attached hydrogen (secondary N) is 1. The predicted molar refractivity (Wildman–Crippen MR) is 73.3 cm³/mol. The Morgan fingerprint density at radius 3 is 2.60 bits per heavy atom. The van der Waals surface area contributed by atoms with Crippen molar-refractivity contribution in [1.82, 2.24) is 0 Å². The molecule has 1 aromatic rings. The summed E-state index contributed by atoms with van der Waals surface area (Å²) in [6.07, 6.45) is 0. The smallest absolute Gasteiger partial charge is 0.338 e. The largest absolute Gasteiger partial charge is 0.462 e. The Morgan fingerprint density at radius 2 is 2.05 bits per heavy atom. The maximum Gasteiger partial charge on any atom is 0.338 e. The van der Waals surface area contributed by atoms with Gasteiger partial charge in [-0.3, -0.25) is 4.79 Å². The summed E-state index contributed by atoms with van der Waals surface area (Å²) in [5.74, 6) is -0.879. The fraction of sp³-hybridized carbons (Fsp3) is 0.429. The van der Waals surface area contributed by atoms with Crippen molar-refractivity contribution in [3.63, 3.8) is 0 Å². The molecule has 1 saturated heterocycles. The van der Waals surface area contributed by atoms with Gasteiger partial charge in [0.25, 0.3) is 0 Å². The summed E-state index contributed by atoms with van der Waals surface area (Å²) in [6.45, 7) is 2.82. The molecule has 0 aromatic heterocycles. The second-order valence-corrected chi connectivity index (χ2v) is 4.59. The van der Waals surface area contributed by atoms with Gasteiger partial charge in [-0.15, -0.1) is 0 Å². The molecule has 2 rings (SSSR count). The van der Waals surface area contributed by atoms with Gasteiger partial charge in [0.1, 0.15) is 0 Å². The van der Waals surface area contributed by atoms with Gasteiger partial charge < -0.3 is 20.5 Å². The standard InChI is InChI=1S/C14H18N2O4/c1-2-20-14(18)9-3-5-10(6-4-9)16-13(17)11-7-19-8-12(11)15/h3-6,11-12H,2,7-8,15H2,1H3,(H,16,17). The van der Waals surface area contributed by atoms with Crippen molar-refractivity contribution in [3.05, 3.63) is 29.8 Å². The molecule has 3 N–H and O–H groups in total. The Balaban J connectivity index is 1.96. The van der Waals surface area contributed by atoms with Gasteiger partial charge in [0.15, 0.2) is 0 Å². The molecule has 0 saturated carbocycles. The predicted octanol–water partition coefficient (Wildman–Crippen LogP) is 0.775. The van der Waals surface area contributed by atoms with E-state index in [0.29, 0.717) is 31.1 Å². The molecule has 6 nitrogen and oxygen atoms in total. The van der Waals surface area contributed by atoms with Crippen molar-refractivity contribution in [1.29, 1.82) is 0 Å². The lowest BCUT2D eigenvalue weighted by Gasteiger charge is -2.13. The lowest BCUT2D eigenvalue weighted by molar-refractivity contribution is -0.120. The van der Waals surface area contributed by atoms with E-state index in [1.807, 2.05) is 0 Å². The summed E-state index contributed by atoms with van der Waals surface area (Å²) in [5.41, 5.74) is 6.85. The van der Waals surface area contributed by atoms with E-state index in [4.69, 9.17) is 15.2 Å². The minimum atomic E-state index is -0.378. The minimum Gasteiger partial charge on any atom is -0.462 e. The normalized spacial score (nSPS) is 21.5. The van der Waals surface area contributed by atoms with Crippen LogP contribution in [0.4, 0.5) is 5.69 Å². The lowest BCUT2D eigenvalue weighted by atomic mass is 10.0. The fourth-order valence-electron chi connectivity index (χ4n) is 1.98. The summed E-state index contributed by atoms with van der Waals surface area (Å²) in [5, 5.41) is 2.76. The third kappa shape index (κ3) is 3.34. The van der Waals surface area contributed by atoms with Crippen molar-refractivity contribution < 1.29 is 19.1 Å². The number of rotatable bonds is 4. The van der Waals surface area contributed by atoms with Crippen LogP contribution in [0.25, 0.3) is 0 Å². The Hall–Kier alpha value is -1.92. The Labute approximate surface area is 117 Å². The molecule has 0 bridgehead atoms. The van der Waals surface area contributed by atoms with E-state index < -0.39 is 0 Å². The van der Waals surface area contributed by atoms with E-state index in [1.165, 1.54) is 0 Å². The number of benzene rings is 1. The molecule has 1 aliphatic rings. The van der Waals surface area contributed by atoms with Gasteiger partial charge in [0.2, 0.25) is 5.91 Å². The highest BCUT2D eigenvalue weighted by molar-refractivity contribution is 5.94. The van der Waals surface area contributed by atoms with Gasteiger partial charge >= 0.3 is 5.97 Å². The molecule has 0 aliphatic carbocycles. The lowest BCUT2D eigenvalue weighted by Crippen LogP contribution is -2.37. The number of carbonyl (C=O) groups excluding carboxylic acids is 2. The molecule has 6 heteroatoms. The van der Waals surface area contributed by atoms with Crippen LogP contribution in [0.3, 0.4) is 0 Å².